The van der Waals surface area contributed by atoms with Crippen LogP contribution in [0.15, 0.2) is 33.8 Å². The van der Waals surface area contributed by atoms with Gasteiger partial charge in [0.25, 0.3) is 5.56 Å². The Kier molecular flexibility index (Phi) is 3.81. The molecule has 6 heteroatoms. The summed E-state index contributed by atoms with van der Waals surface area (Å²) in [4.78, 5) is 16.2. The van der Waals surface area contributed by atoms with E-state index in [1.165, 1.54) is 10.9 Å². The molecule has 1 aromatic carbocycles. The lowest BCUT2D eigenvalue weighted by Crippen LogP contribution is -2.27. The molecule has 1 N–H and O–H groups in total. The molecule has 0 bridgehead atoms. The van der Waals surface area contributed by atoms with E-state index in [1.54, 1.807) is 12.1 Å². The third-order valence-corrected chi connectivity index (χ3v) is 3.22. The highest BCUT2D eigenvalue weighted by molar-refractivity contribution is 9.10. The van der Waals surface area contributed by atoms with E-state index >= 15 is 0 Å². The fraction of sp³-hybridized carbons (Fsp3) is 0.273. The third-order valence-electron chi connectivity index (χ3n) is 2.37. The predicted molar refractivity (Wildman–Crippen MR) is 70.4 cm³/mol. The standard InChI is InChI=1S/C11H10BrClN2O2/c12-7-1-2-10-9(3-7)11(17)15(6-14-10)5-8(16)4-13/h1-3,6,8,16H,4-5H2. The maximum Gasteiger partial charge on any atom is 0.261 e. The highest BCUT2D eigenvalue weighted by Crippen LogP contribution is 2.14. The summed E-state index contributed by atoms with van der Waals surface area (Å²) in [5.41, 5.74) is 0.454. The maximum absolute atomic E-state index is 12.1. The Balaban J connectivity index is 2.53. The summed E-state index contributed by atoms with van der Waals surface area (Å²) >= 11 is 8.81. The van der Waals surface area contributed by atoms with Crippen molar-refractivity contribution in [3.8, 4) is 0 Å². The molecule has 1 atom stereocenters. The summed E-state index contributed by atoms with van der Waals surface area (Å²) in [5, 5.41) is 9.95. The van der Waals surface area contributed by atoms with Crippen LogP contribution in [0, 0.1) is 0 Å². The van der Waals surface area contributed by atoms with Gasteiger partial charge in [0, 0.05) is 4.47 Å². The average Bonchev–Trinajstić information content (AvgIpc) is 2.33. The van der Waals surface area contributed by atoms with E-state index in [2.05, 4.69) is 20.9 Å². The molecule has 0 saturated carbocycles. The smallest absolute Gasteiger partial charge is 0.261 e. The zero-order chi connectivity index (χ0) is 12.4. The highest BCUT2D eigenvalue weighted by atomic mass is 79.9. The first-order valence-electron chi connectivity index (χ1n) is 5.00. The average molecular weight is 318 g/mol. The maximum atomic E-state index is 12.1. The molecule has 0 fully saturated rings. The van der Waals surface area contributed by atoms with Crippen LogP contribution in [0.2, 0.25) is 0 Å². The number of aliphatic hydroxyl groups is 1. The van der Waals surface area contributed by atoms with Crippen molar-refractivity contribution in [1.82, 2.24) is 9.55 Å². The van der Waals surface area contributed by atoms with Crippen LogP contribution in [0.4, 0.5) is 0 Å². The monoisotopic (exact) mass is 316 g/mol. The Morgan fingerprint density at radius 3 is 3.00 bits per heavy atom. The van der Waals surface area contributed by atoms with Gasteiger partial charge in [-0.3, -0.25) is 9.36 Å². The zero-order valence-corrected chi connectivity index (χ0v) is 11.1. The minimum absolute atomic E-state index is 0.0863. The normalized spacial score (nSPS) is 12.9. The van der Waals surface area contributed by atoms with E-state index < -0.39 is 6.10 Å². The second-order valence-corrected chi connectivity index (χ2v) is 4.90. The number of halogens is 2. The number of fused-ring (bicyclic) bond motifs is 1. The molecule has 0 aliphatic carbocycles. The van der Waals surface area contributed by atoms with Gasteiger partial charge in [0.05, 0.1) is 35.8 Å². The van der Waals surface area contributed by atoms with Crippen LogP contribution in [0.5, 0.6) is 0 Å². The molecule has 17 heavy (non-hydrogen) atoms. The first-order chi connectivity index (χ1) is 8.11. The van der Waals surface area contributed by atoms with Gasteiger partial charge in [-0.1, -0.05) is 15.9 Å². The van der Waals surface area contributed by atoms with E-state index in [9.17, 15) is 9.90 Å². The number of alkyl halides is 1. The Bertz CT molecular complexity index is 600. The van der Waals surface area contributed by atoms with Gasteiger partial charge in [-0.25, -0.2) is 4.98 Å². The molecule has 0 saturated heterocycles. The number of aliphatic hydroxyl groups excluding tert-OH is 1. The van der Waals surface area contributed by atoms with E-state index in [0.29, 0.717) is 10.9 Å². The lowest BCUT2D eigenvalue weighted by atomic mass is 10.2. The van der Waals surface area contributed by atoms with E-state index in [1.807, 2.05) is 6.07 Å². The number of aromatic nitrogens is 2. The predicted octanol–water partition coefficient (Wildman–Crippen LogP) is 1.76. The number of nitrogens with zero attached hydrogens (tertiary/aromatic N) is 2. The molecule has 1 unspecified atom stereocenters. The van der Waals surface area contributed by atoms with Gasteiger partial charge in [0.1, 0.15) is 0 Å². The number of hydrogen-bond donors (Lipinski definition) is 1. The van der Waals surface area contributed by atoms with Gasteiger partial charge in [0.15, 0.2) is 0 Å². The van der Waals surface area contributed by atoms with Gasteiger partial charge in [-0.2, -0.15) is 0 Å². The SMILES string of the molecule is O=c1c2cc(Br)ccc2ncn1CC(O)CCl. The Labute approximate surface area is 111 Å². The molecule has 0 amide bonds. The molecule has 1 heterocycles. The van der Waals surface area contributed by atoms with Gasteiger partial charge in [-0.05, 0) is 18.2 Å². The molecular formula is C11H10BrClN2O2. The van der Waals surface area contributed by atoms with Crippen molar-refractivity contribution in [1.29, 1.82) is 0 Å². The van der Waals surface area contributed by atoms with E-state index in [0.717, 1.165) is 4.47 Å². The Morgan fingerprint density at radius 2 is 2.29 bits per heavy atom. The first-order valence-corrected chi connectivity index (χ1v) is 6.33. The second kappa shape index (κ2) is 5.16. The molecule has 2 aromatic rings. The Morgan fingerprint density at radius 1 is 1.53 bits per heavy atom. The van der Waals surface area contributed by atoms with E-state index in [-0.39, 0.29) is 18.0 Å². The van der Waals surface area contributed by atoms with Crippen molar-refractivity contribution in [3.05, 3.63) is 39.4 Å². The van der Waals surface area contributed by atoms with Gasteiger partial charge in [0.2, 0.25) is 0 Å². The van der Waals surface area contributed by atoms with E-state index in [4.69, 9.17) is 11.6 Å². The zero-order valence-electron chi connectivity index (χ0n) is 8.81. The quantitative estimate of drug-likeness (QED) is 0.878. The number of hydrogen-bond acceptors (Lipinski definition) is 3. The van der Waals surface area contributed by atoms with Crippen LogP contribution < -0.4 is 5.56 Å². The Hall–Kier alpha value is -0.910. The molecule has 4 nitrogen and oxygen atoms in total. The van der Waals surface area contributed by atoms with Gasteiger partial charge in [-0.15, -0.1) is 11.6 Å². The minimum Gasteiger partial charge on any atom is -0.390 e. The van der Waals surface area contributed by atoms with Crippen LogP contribution in [-0.4, -0.2) is 26.6 Å². The molecule has 2 rings (SSSR count). The summed E-state index contributed by atoms with van der Waals surface area (Å²) in [5.74, 6) is 0.0863. The minimum atomic E-state index is -0.749. The second-order valence-electron chi connectivity index (χ2n) is 3.67. The molecule has 90 valence electrons. The summed E-state index contributed by atoms with van der Waals surface area (Å²) < 4.78 is 2.18. The van der Waals surface area contributed by atoms with Crippen molar-refractivity contribution in [2.24, 2.45) is 0 Å². The molecular weight excluding hydrogens is 307 g/mol. The lowest BCUT2D eigenvalue weighted by molar-refractivity contribution is 0.175. The van der Waals surface area contributed by atoms with Crippen LogP contribution in [0.25, 0.3) is 10.9 Å². The number of benzene rings is 1. The van der Waals surface area contributed by atoms with Crippen LogP contribution in [0.3, 0.4) is 0 Å². The van der Waals surface area contributed by atoms with Crippen molar-refractivity contribution in [3.63, 3.8) is 0 Å². The fourth-order valence-electron chi connectivity index (χ4n) is 1.54. The van der Waals surface area contributed by atoms with Crippen LogP contribution >= 0.6 is 27.5 Å². The summed E-state index contributed by atoms with van der Waals surface area (Å²) in [6.07, 6.45) is 0.676. The first kappa shape index (κ1) is 12.5. The molecule has 1 aromatic heterocycles. The molecule has 0 aliphatic rings. The van der Waals surface area contributed by atoms with Gasteiger partial charge >= 0.3 is 0 Å². The van der Waals surface area contributed by atoms with Crippen molar-refractivity contribution >= 4 is 38.4 Å². The van der Waals surface area contributed by atoms with Crippen LogP contribution in [0.1, 0.15) is 0 Å². The summed E-state index contributed by atoms with van der Waals surface area (Å²) in [7, 11) is 0. The highest BCUT2D eigenvalue weighted by Gasteiger charge is 2.08. The van der Waals surface area contributed by atoms with Gasteiger partial charge < -0.3 is 5.11 Å². The largest absolute Gasteiger partial charge is 0.390 e. The fourth-order valence-corrected chi connectivity index (χ4v) is 2.00. The molecule has 0 spiro atoms. The lowest BCUT2D eigenvalue weighted by Gasteiger charge is -2.09. The topological polar surface area (TPSA) is 55.1 Å². The third kappa shape index (κ3) is 2.68. The summed E-state index contributed by atoms with van der Waals surface area (Å²) in [6.45, 7) is 0.151. The molecule has 0 radical (unpaired) electrons. The van der Waals surface area contributed by atoms with Crippen molar-refractivity contribution in [2.75, 3.05) is 5.88 Å². The number of rotatable bonds is 3. The van der Waals surface area contributed by atoms with Crippen molar-refractivity contribution < 1.29 is 5.11 Å². The van der Waals surface area contributed by atoms with Crippen molar-refractivity contribution in [2.45, 2.75) is 12.6 Å². The van der Waals surface area contributed by atoms with Crippen LogP contribution in [-0.2, 0) is 6.54 Å². The summed E-state index contributed by atoms with van der Waals surface area (Å²) in [6, 6.07) is 5.31. The molecule has 0 aliphatic heterocycles.